The van der Waals surface area contributed by atoms with Crippen LogP contribution in [0.25, 0.3) is 0 Å². The molecule has 1 N–H and O–H groups in total. The van der Waals surface area contributed by atoms with Gasteiger partial charge in [0.1, 0.15) is 0 Å². The predicted octanol–water partition coefficient (Wildman–Crippen LogP) is 6.88. The molecule has 170 valence electrons. The van der Waals surface area contributed by atoms with E-state index in [1.54, 1.807) is 7.05 Å². The topological polar surface area (TPSA) is 54.4 Å². The highest BCUT2D eigenvalue weighted by Crippen LogP contribution is 2.14. The molecule has 0 aromatic rings. The number of hydrogen-bond donors (Lipinski definition) is 1. The second-order valence-corrected chi connectivity index (χ2v) is 8.75. The number of amides is 1. The molecule has 0 fully saturated rings. The van der Waals surface area contributed by atoms with Gasteiger partial charge in [-0.05, 0) is 38.5 Å². The molecule has 0 bridgehead atoms. The van der Waals surface area contributed by atoms with Crippen LogP contribution in [0.2, 0.25) is 0 Å². The van der Waals surface area contributed by atoms with Crippen molar-refractivity contribution in [2.24, 2.45) is 0 Å². The molecule has 0 saturated heterocycles. The summed E-state index contributed by atoms with van der Waals surface area (Å²) in [6.07, 6.45) is 23.2. The molecule has 0 spiro atoms. The summed E-state index contributed by atoms with van der Waals surface area (Å²) in [7, 11) is 1.78. The van der Waals surface area contributed by atoms with Crippen molar-refractivity contribution in [3.8, 4) is 0 Å². The Labute approximate surface area is 180 Å². The third-order valence-electron chi connectivity index (χ3n) is 5.74. The van der Waals surface area contributed by atoms with Gasteiger partial charge in [-0.3, -0.25) is 4.48 Å². The summed E-state index contributed by atoms with van der Waals surface area (Å²) < 4.78 is 0.0482. The van der Waals surface area contributed by atoms with Gasteiger partial charge in [-0.15, -0.1) is 0 Å². The van der Waals surface area contributed by atoms with Gasteiger partial charge in [0.05, 0.1) is 20.0 Å². The van der Waals surface area contributed by atoms with Crippen LogP contribution in [0.5, 0.6) is 0 Å². The summed E-state index contributed by atoms with van der Waals surface area (Å²) in [5, 5.41) is 9.13. The zero-order valence-corrected chi connectivity index (χ0v) is 19.6. The van der Waals surface area contributed by atoms with Gasteiger partial charge in [-0.2, -0.15) is 0 Å². The lowest BCUT2D eigenvalue weighted by molar-refractivity contribution is -0.827. The number of nitrogens with zero attached hydrogens (tertiary/aromatic N) is 1. The van der Waals surface area contributed by atoms with E-state index in [1.165, 1.54) is 64.2 Å². The summed E-state index contributed by atoms with van der Waals surface area (Å²) in [6.45, 7) is 4.87. The van der Waals surface area contributed by atoms with Crippen LogP contribution in [0.1, 0.15) is 117 Å². The number of carbonyl (C=O) groups is 2. The van der Waals surface area contributed by atoms with Crippen LogP contribution in [-0.2, 0) is 9.59 Å². The van der Waals surface area contributed by atoms with Crippen molar-refractivity contribution >= 4 is 11.9 Å². The zero-order chi connectivity index (χ0) is 21.8. The van der Waals surface area contributed by atoms with E-state index in [1.807, 2.05) is 0 Å². The van der Waals surface area contributed by atoms with Crippen molar-refractivity contribution in [3.63, 3.8) is 0 Å². The molecule has 0 saturated carbocycles. The molecule has 4 nitrogen and oxygen atoms in total. The number of quaternary nitrogens is 1. The van der Waals surface area contributed by atoms with Crippen LogP contribution in [0, 0.1) is 0 Å². The minimum atomic E-state index is -0.887. The number of carbonyl (C=O) groups excluding carboxylic acids is 1. The normalized spacial score (nSPS) is 13.6. The molecule has 0 radical (unpaired) electrons. The summed E-state index contributed by atoms with van der Waals surface area (Å²) >= 11 is 0. The highest BCUT2D eigenvalue weighted by Gasteiger charge is 2.32. The van der Waals surface area contributed by atoms with Gasteiger partial charge in [-0.25, -0.2) is 9.59 Å². The van der Waals surface area contributed by atoms with E-state index in [2.05, 4.69) is 26.0 Å². The monoisotopic (exact) mass is 410 g/mol. The maximum absolute atomic E-state index is 12.5. The molecule has 4 heteroatoms. The number of rotatable bonds is 20. The van der Waals surface area contributed by atoms with Crippen molar-refractivity contribution in [2.75, 3.05) is 20.1 Å². The van der Waals surface area contributed by atoms with E-state index in [0.717, 1.165) is 32.1 Å². The Hall–Kier alpha value is -1.16. The molecule has 0 aliphatic rings. The Morgan fingerprint density at radius 2 is 1.21 bits per heavy atom. The van der Waals surface area contributed by atoms with Gasteiger partial charge in [0.25, 0.3) is 0 Å². The Kier molecular flexibility index (Phi) is 18.1. The molecular formula is C25H48NO3+. The van der Waals surface area contributed by atoms with Gasteiger partial charge in [0.15, 0.2) is 6.54 Å². The molecule has 0 rings (SSSR count). The maximum atomic E-state index is 12.5. The lowest BCUT2D eigenvalue weighted by Crippen LogP contribution is -2.52. The number of unbranched alkanes of at least 4 members (excludes halogenated alkanes) is 12. The van der Waals surface area contributed by atoms with Gasteiger partial charge in [0.2, 0.25) is 0 Å². The first-order valence-electron chi connectivity index (χ1n) is 12.2. The average Bonchev–Trinajstić information content (AvgIpc) is 2.68. The molecular weight excluding hydrogens is 362 g/mol. The fraction of sp³-hybridized carbons (Fsp3) is 0.840. The van der Waals surface area contributed by atoms with Crippen LogP contribution in [-0.4, -0.2) is 41.6 Å². The number of hydrogen-bond acceptors (Lipinski definition) is 2. The number of aliphatic carboxylic acids is 1. The molecule has 0 aliphatic heterocycles. The second-order valence-electron chi connectivity index (χ2n) is 8.75. The van der Waals surface area contributed by atoms with Crippen molar-refractivity contribution < 1.29 is 19.2 Å². The first kappa shape index (κ1) is 27.8. The van der Waals surface area contributed by atoms with Crippen molar-refractivity contribution in [1.29, 1.82) is 0 Å². The number of allylic oxidation sites excluding steroid dienone is 2. The zero-order valence-electron chi connectivity index (χ0n) is 19.6. The lowest BCUT2D eigenvalue weighted by atomic mass is 10.1. The quantitative estimate of drug-likeness (QED) is 0.135. The third-order valence-corrected chi connectivity index (χ3v) is 5.74. The predicted molar refractivity (Wildman–Crippen MR) is 123 cm³/mol. The summed E-state index contributed by atoms with van der Waals surface area (Å²) in [4.78, 5) is 23.7. The molecule has 1 unspecified atom stereocenters. The number of carboxylic acids is 1. The van der Waals surface area contributed by atoms with E-state index in [9.17, 15) is 9.59 Å². The third kappa shape index (κ3) is 16.3. The van der Waals surface area contributed by atoms with E-state index in [4.69, 9.17) is 5.11 Å². The van der Waals surface area contributed by atoms with Gasteiger partial charge < -0.3 is 5.11 Å². The lowest BCUT2D eigenvalue weighted by Gasteiger charge is -2.30. The first-order chi connectivity index (χ1) is 14.0. The van der Waals surface area contributed by atoms with E-state index >= 15 is 0 Å². The van der Waals surface area contributed by atoms with Crippen molar-refractivity contribution in [1.82, 2.24) is 0 Å². The molecule has 1 atom stereocenters. The molecule has 0 aromatic heterocycles. The molecule has 29 heavy (non-hydrogen) atoms. The smallest absolute Gasteiger partial charge is 0.359 e. The highest BCUT2D eigenvalue weighted by atomic mass is 16.4. The van der Waals surface area contributed by atoms with Crippen LogP contribution >= 0.6 is 0 Å². The van der Waals surface area contributed by atoms with Gasteiger partial charge in [-0.1, -0.05) is 83.8 Å². The highest BCUT2D eigenvalue weighted by molar-refractivity contribution is 5.74. The van der Waals surface area contributed by atoms with E-state index in [0.29, 0.717) is 13.0 Å². The Morgan fingerprint density at radius 3 is 1.72 bits per heavy atom. The fourth-order valence-electron chi connectivity index (χ4n) is 3.71. The van der Waals surface area contributed by atoms with Crippen LogP contribution in [0.4, 0.5) is 0 Å². The van der Waals surface area contributed by atoms with E-state index in [-0.39, 0.29) is 16.9 Å². The van der Waals surface area contributed by atoms with Gasteiger partial charge in [0, 0.05) is 0 Å². The first-order valence-corrected chi connectivity index (χ1v) is 12.2. The summed E-state index contributed by atoms with van der Waals surface area (Å²) in [5.41, 5.74) is 0. The molecule has 0 aromatic carbocycles. The summed E-state index contributed by atoms with van der Waals surface area (Å²) in [6, 6.07) is 0. The van der Waals surface area contributed by atoms with E-state index < -0.39 is 5.97 Å². The van der Waals surface area contributed by atoms with Crippen LogP contribution in [0.3, 0.4) is 0 Å². The molecule has 1 amide bonds. The maximum Gasteiger partial charge on any atom is 0.359 e. The van der Waals surface area contributed by atoms with Crippen LogP contribution < -0.4 is 0 Å². The van der Waals surface area contributed by atoms with Crippen LogP contribution in [0.15, 0.2) is 12.2 Å². The Morgan fingerprint density at radius 1 is 0.724 bits per heavy atom. The largest absolute Gasteiger partial charge is 0.477 e. The van der Waals surface area contributed by atoms with Crippen molar-refractivity contribution in [2.45, 2.75) is 117 Å². The molecule has 0 aliphatic carbocycles. The molecule has 0 heterocycles. The minimum Gasteiger partial charge on any atom is -0.477 e. The Balaban J connectivity index is 3.71. The fourth-order valence-corrected chi connectivity index (χ4v) is 3.71. The standard InChI is InChI=1S/C25H47NO3/c1-4-6-8-9-10-11-12-13-14-15-16-17-18-19-20-21-24(27)26(3,22-7-5-2)23-25(28)29/h13-14H,4-12,15-23H2,1-3H3/p+1/b14-13-. The number of carboxylic acid groups (broad SMARTS) is 1. The SMILES string of the molecule is CCCCCCCC/C=C\CCCCCCCC(=O)[N+](C)(CCCC)CC(=O)O. The Bertz CT molecular complexity index is 447. The summed E-state index contributed by atoms with van der Waals surface area (Å²) in [5.74, 6) is -0.806. The number of likely N-dealkylation sites (N-methyl/N-ethyl adjacent to an activating group) is 1. The van der Waals surface area contributed by atoms with Gasteiger partial charge >= 0.3 is 11.9 Å². The average molecular weight is 411 g/mol. The second kappa shape index (κ2) is 18.8. The minimum absolute atomic E-state index is 0.0482. The van der Waals surface area contributed by atoms with Crippen molar-refractivity contribution in [3.05, 3.63) is 12.2 Å².